The van der Waals surface area contributed by atoms with E-state index < -0.39 is 0 Å². The summed E-state index contributed by atoms with van der Waals surface area (Å²) >= 11 is 0. The molecule has 26 heavy (non-hydrogen) atoms. The van der Waals surface area contributed by atoms with Crippen molar-refractivity contribution in [2.24, 2.45) is 5.92 Å². The molecular formula is C23H42O3. The zero-order chi connectivity index (χ0) is 18.5. The van der Waals surface area contributed by atoms with Crippen molar-refractivity contribution < 1.29 is 14.2 Å². The third-order valence-electron chi connectivity index (χ3n) is 6.27. The van der Waals surface area contributed by atoms with E-state index in [2.05, 4.69) is 13.5 Å². The summed E-state index contributed by atoms with van der Waals surface area (Å²) in [5, 5.41) is 0. The molecule has 2 rings (SSSR count). The van der Waals surface area contributed by atoms with Crippen LogP contribution in [0.3, 0.4) is 0 Å². The lowest BCUT2D eigenvalue weighted by Crippen LogP contribution is -2.44. The second-order valence-electron chi connectivity index (χ2n) is 8.32. The lowest BCUT2D eigenvalue weighted by atomic mass is 9.72. The first kappa shape index (κ1) is 21.8. The van der Waals surface area contributed by atoms with Gasteiger partial charge in [-0.1, -0.05) is 77.7 Å². The Labute approximate surface area is 161 Å². The van der Waals surface area contributed by atoms with Crippen molar-refractivity contribution in [1.29, 1.82) is 0 Å². The molecule has 0 amide bonds. The highest BCUT2D eigenvalue weighted by molar-refractivity contribution is 4.91. The maximum atomic E-state index is 6.65. The smallest absolute Gasteiger partial charge is 0.104 e. The number of rotatable bonds is 16. The Balaban J connectivity index is 1.87. The maximum absolute atomic E-state index is 6.65. The highest BCUT2D eigenvalue weighted by Gasteiger charge is 2.41. The van der Waals surface area contributed by atoms with Crippen molar-refractivity contribution in [2.75, 3.05) is 19.8 Å². The molecule has 1 aliphatic carbocycles. The SMILES string of the molecule is C=COCCC(CCCCCCCCC)(OCC1CO1)C1CCCCC1. The van der Waals surface area contributed by atoms with Crippen molar-refractivity contribution in [1.82, 2.24) is 0 Å². The molecule has 152 valence electrons. The van der Waals surface area contributed by atoms with E-state index in [1.54, 1.807) is 6.26 Å². The molecule has 2 unspecified atom stereocenters. The van der Waals surface area contributed by atoms with Gasteiger partial charge in [0, 0.05) is 6.42 Å². The molecule has 1 saturated heterocycles. The Bertz CT molecular complexity index is 360. The molecule has 2 atom stereocenters. The van der Waals surface area contributed by atoms with Crippen LogP contribution in [0.25, 0.3) is 0 Å². The molecule has 0 aromatic carbocycles. The minimum Gasteiger partial charge on any atom is -0.502 e. The van der Waals surface area contributed by atoms with Gasteiger partial charge in [0.2, 0.25) is 0 Å². The van der Waals surface area contributed by atoms with Crippen LogP contribution in [0, 0.1) is 5.92 Å². The Morgan fingerprint density at radius 3 is 2.35 bits per heavy atom. The second-order valence-corrected chi connectivity index (χ2v) is 8.32. The molecule has 1 heterocycles. The predicted octanol–water partition coefficient (Wildman–Crippen LogP) is 6.41. The van der Waals surface area contributed by atoms with Gasteiger partial charge in [-0.25, -0.2) is 0 Å². The molecule has 0 aromatic heterocycles. The molecule has 0 spiro atoms. The van der Waals surface area contributed by atoms with Gasteiger partial charge in [-0.2, -0.15) is 0 Å². The van der Waals surface area contributed by atoms with E-state index in [1.165, 1.54) is 83.5 Å². The van der Waals surface area contributed by atoms with Gasteiger partial charge < -0.3 is 14.2 Å². The average Bonchev–Trinajstić information content (AvgIpc) is 3.50. The maximum Gasteiger partial charge on any atom is 0.104 e. The fourth-order valence-electron chi connectivity index (χ4n) is 4.54. The van der Waals surface area contributed by atoms with Crippen LogP contribution in [0.4, 0.5) is 0 Å². The van der Waals surface area contributed by atoms with E-state index in [0.29, 0.717) is 12.0 Å². The first-order valence-corrected chi connectivity index (χ1v) is 11.3. The Morgan fingerprint density at radius 1 is 1.00 bits per heavy atom. The standard InChI is InChI=1S/C23H42O3/c1-3-5-6-7-8-9-13-16-23(17-18-24-4-2,26-20-22-19-25-22)21-14-11-10-12-15-21/h4,21-22H,2-3,5-20H2,1H3. The van der Waals surface area contributed by atoms with Crippen LogP contribution < -0.4 is 0 Å². The van der Waals surface area contributed by atoms with Gasteiger partial charge in [0.05, 0.1) is 31.7 Å². The van der Waals surface area contributed by atoms with Gasteiger partial charge in [-0.3, -0.25) is 0 Å². The van der Waals surface area contributed by atoms with Crippen LogP contribution in [-0.2, 0) is 14.2 Å². The summed E-state index contributed by atoms with van der Waals surface area (Å²) in [6.07, 6.45) is 20.3. The molecule has 0 aromatic rings. The molecule has 0 bridgehead atoms. The predicted molar refractivity (Wildman–Crippen MR) is 108 cm³/mol. The summed E-state index contributed by atoms with van der Waals surface area (Å²) in [7, 11) is 0. The van der Waals surface area contributed by atoms with E-state index in [1.807, 2.05) is 0 Å². The molecule has 0 radical (unpaired) electrons. The van der Waals surface area contributed by atoms with Crippen LogP contribution in [0.5, 0.6) is 0 Å². The van der Waals surface area contributed by atoms with Crippen LogP contribution >= 0.6 is 0 Å². The Hall–Kier alpha value is -0.540. The Kier molecular flexibility index (Phi) is 10.7. The van der Waals surface area contributed by atoms with Gasteiger partial charge in [0.15, 0.2) is 0 Å². The number of hydrogen-bond acceptors (Lipinski definition) is 3. The average molecular weight is 367 g/mol. The number of epoxide rings is 1. The van der Waals surface area contributed by atoms with Crippen LogP contribution in [-0.4, -0.2) is 31.5 Å². The van der Waals surface area contributed by atoms with Gasteiger partial charge in [-0.15, -0.1) is 0 Å². The fraction of sp³-hybridized carbons (Fsp3) is 0.913. The van der Waals surface area contributed by atoms with Crippen molar-refractivity contribution >= 4 is 0 Å². The third kappa shape index (κ3) is 8.00. The van der Waals surface area contributed by atoms with E-state index in [0.717, 1.165) is 26.2 Å². The van der Waals surface area contributed by atoms with Crippen molar-refractivity contribution in [3.8, 4) is 0 Å². The minimum atomic E-state index is -0.0151. The molecule has 3 heteroatoms. The van der Waals surface area contributed by atoms with Crippen LogP contribution in [0.2, 0.25) is 0 Å². The van der Waals surface area contributed by atoms with Crippen molar-refractivity contribution in [3.05, 3.63) is 12.8 Å². The zero-order valence-electron chi connectivity index (χ0n) is 17.2. The zero-order valence-corrected chi connectivity index (χ0v) is 17.2. The summed E-state index contributed by atoms with van der Waals surface area (Å²) in [6.45, 7) is 8.35. The topological polar surface area (TPSA) is 31.0 Å². The van der Waals surface area contributed by atoms with Gasteiger partial charge in [-0.05, 0) is 25.2 Å². The number of unbranched alkanes of at least 4 members (excludes halogenated alkanes) is 6. The number of hydrogen-bond donors (Lipinski definition) is 0. The molecule has 3 nitrogen and oxygen atoms in total. The summed E-state index contributed by atoms with van der Waals surface area (Å²) in [5.74, 6) is 0.684. The molecule has 1 saturated carbocycles. The highest BCUT2D eigenvalue weighted by atomic mass is 16.6. The highest BCUT2D eigenvalue weighted by Crippen LogP contribution is 2.41. The lowest BCUT2D eigenvalue weighted by molar-refractivity contribution is -0.119. The second kappa shape index (κ2) is 12.8. The molecule has 1 aliphatic heterocycles. The minimum absolute atomic E-state index is 0.0151. The van der Waals surface area contributed by atoms with Crippen molar-refractivity contribution in [2.45, 2.75) is 109 Å². The van der Waals surface area contributed by atoms with E-state index in [9.17, 15) is 0 Å². The number of ether oxygens (including phenoxy) is 3. The summed E-state index contributed by atoms with van der Waals surface area (Å²) < 4.78 is 17.6. The van der Waals surface area contributed by atoms with Crippen LogP contribution in [0.15, 0.2) is 12.8 Å². The summed E-state index contributed by atoms with van der Waals surface area (Å²) in [4.78, 5) is 0. The molecule has 0 N–H and O–H groups in total. The summed E-state index contributed by atoms with van der Waals surface area (Å²) in [6, 6.07) is 0. The quantitative estimate of drug-likeness (QED) is 0.180. The molecule has 2 fully saturated rings. The molecule has 2 aliphatic rings. The lowest BCUT2D eigenvalue weighted by Gasteiger charge is -2.43. The van der Waals surface area contributed by atoms with Crippen molar-refractivity contribution in [3.63, 3.8) is 0 Å². The largest absolute Gasteiger partial charge is 0.502 e. The first-order chi connectivity index (χ1) is 12.8. The van der Waals surface area contributed by atoms with E-state index >= 15 is 0 Å². The van der Waals surface area contributed by atoms with E-state index in [-0.39, 0.29) is 5.60 Å². The first-order valence-electron chi connectivity index (χ1n) is 11.3. The summed E-state index contributed by atoms with van der Waals surface area (Å²) in [5.41, 5.74) is -0.0151. The van der Waals surface area contributed by atoms with Gasteiger partial charge in [0.25, 0.3) is 0 Å². The fourth-order valence-corrected chi connectivity index (χ4v) is 4.54. The Morgan fingerprint density at radius 2 is 1.69 bits per heavy atom. The monoisotopic (exact) mass is 366 g/mol. The molecular weight excluding hydrogens is 324 g/mol. The normalized spacial score (nSPS) is 22.7. The van der Waals surface area contributed by atoms with Gasteiger partial charge in [0.1, 0.15) is 6.10 Å². The van der Waals surface area contributed by atoms with Crippen LogP contribution in [0.1, 0.15) is 96.8 Å². The third-order valence-corrected chi connectivity index (χ3v) is 6.27. The van der Waals surface area contributed by atoms with Gasteiger partial charge >= 0.3 is 0 Å². The van der Waals surface area contributed by atoms with E-state index in [4.69, 9.17) is 14.2 Å².